The molecule has 0 spiro atoms. The Morgan fingerprint density at radius 1 is 0.857 bits per heavy atom. The number of ether oxygens (including phenoxy) is 1. The van der Waals surface area contributed by atoms with Gasteiger partial charge in [0.05, 0.1) is 0 Å². The van der Waals surface area contributed by atoms with Crippen molar-refractivity contribution >= 4 is 6.09 Å². The predicted octanol–water partition coefficient (Wildman–Crippen LogP) is 4.84. The Labute approximate surface area is 166 Å². The van der Waals surface area contributed by atoms with Gasteiger partial charge >= 0.3 is 6.09 Å². The van der Waals surface area contributed by atoms with Gasteiger partial charge in [0.1, 0.15) is 6.61 Å². The van der Waals surface area contributed by atoms with E-state index in [1.54, 1.807) is 0 Å². The van der Waals surface area contributed by atoms with Gasteiger partial charge in [0.25, 0.3) is 0 Å². The molecule has 0 aliphatic heterocycles. The van der Waals surface area contributed by atoms with Gasteiger partial charge in [-0.2, -0.15) is 0 Å². The molecule has 4 nitrogen and oxygen atoms in total. The maximum atomic E-state index is 12.0. The molecule has 0 aliphatic rings. The first-order valence-electron chi connectivity index (χ1n) is 9.38. The van der Waals surface area contributed by atoms with Crippen LogP contribution in [0.2, 0.25) is 0 Å². The fourth-order valence-electron chi connectivity index (χ4n) is 3.05. The van der Waals surface area contributed by atoms with Crippen molar-refractivity contribution in [3.63, 3.8) is 0 Å². The molecule has 28 heavy (non-hydrogen) atoms. The first-order valence-corrected chi connectivity index (χ1v) is 9.38. The Kier molecular flexibility index (Phi) is 6.82. The maximum absolute atomic E-state index is 12.0. The minimum atomic E-state index is -0.417. The molecule has 0 heterocycles. The van der Waals surface area contributed by atoms with Crippen molar-refractivity contribution in [2.24, 2.45) is 0 Å². The lowest BCUT2D eigenvalue weighted by Crippen LogP contribution is -2.23. The Morgan fingerprint density at radius 3 is 2.25 bits per heavy atom. The molecule has 3 aromatic carbocycles. The van der Waals surface area contributed by atoms with E-state index in [1.165, 1.54) is 5.56 Å². The molecule has 0 saturated carbocycles. The molecular formula is C24H26N2O2. The van der Waals surface area contributed by atoms with Crippen molar-refractivity contribution in [1.29, 1.82) is 0 Å². The smallest absolute Gasteiger partial charge is 0.407 e. The van der Waals surface area contributed by atoms with E-state index < -0.39 is 6.09 Å². The number of carbonyl (C=O) groups is 1. The Bertz CT molecular complexity index is 890. The van der Waals surface area contributed by atoms with Gasteiger partial charge in [-0.05, 0) is 41.9 Å². The third-order valence-electron chi connectivity index (χ3n) is 4.42. The highest BCUT2D eigenvalue weighted by Gasteiger charge is 2.08. The van der Waals surface area contributed by atoms with Gasteiger partial charge in [0, 0.05) is 13.1 Å². The summed E-state index contributed by atoms with van der Waals surface area (Å²) in [7, 11) is 4.12. The zero-order chi connectivity index (χ0) is 19.8. The van der Waals surface area contributed by atoms with Crippen molar-refractivity contribution in [3.8, 4) is 11.1 Å². The lowest BCUT2D eigenvalue weighted by Gasteiger charge is -2.13. The van der Waals surface area contributed by atoms with Crippen molar-refractivity contribution in [2.75, 3.05) is 14.1 Å². The summed E-state index contributed by atoms with van der Waals surface area (Å²) in [6.07, 6.45) is -0.417. The van der Waals surface area contributed by atoms with Crippen LogP contribution in [0.5, 0.6) is 0 Å². The summed E-state index contributed by atoms with van der Waals surface area (Å²) in [6, 6.07) is 26.3. The van der Waals surface area contributed by atoms with Crippen LogP contribution in [0, 0.1) is 0 Å². The summed E-state index contributed by atoms with van der Waals surface area (Å²) in [5, 5.41) is 2.85. The van der Waals surface area contributed by atoms with Crippen molar-refractivity contribution < 1.29 is 9.53 Å². The minimum absolute atomic E-state index is 0.266. The molecule has 3 rings (SSSR count). The first kappa shape index (κ1) is 19.6. The molecule has 1 amide bonds. The van der Waals surface area contributed by atoms with Crippen molar-refractivity contribution in [3.05, 3.63) is 95.6 Å². The van der Waals surface area contributed by atoms with Crippen LogP contribution in [0.1, 0.15) is 16.7 Å². The summed E-state index contributed by atoms with van der Waals surface area (Å²) in [5.41, 5.74) is 5.55. The van der Waals surface area contributed by atoms with Gasteiger partial charge in [-0.25, -0.2) is 4.79 Å². The average Bonchev–Trinajstić information content (AvgIpc) is 2.72. The van der Waals surface area contributed by atoms with E-state index in [1.807, 2.05) is 48.5 Å². The second-order valence-corrected chi connectivity index (χ2v) is 7.01. The van der Waals surface area contributed by atoms with Crippen LogP contribution in [0.4, 0.5) is 4.79 Å². The van der Waals surface area contributed by atoms with Gasteiger partial charge in [0.2, 0.25) is 0 Å². The predicted molar refractivity (Wildman–Crippen MR) is 113 cm³/mol. The number of rotatable bonds is 7. The molecule has 0 unspecified atom stereocenters. The van der Waals surface area contributed by atoms with Crippen LogP contribution in [0.3, 0.4) is 0 Å². The van der Waals surface area contributed by atoms with E-state index in [9.17, 15) is 4.79 Å². The standard InChI is InChI=1S/C24H26N2O2/c1-26(2)17-19-12-14-21(15-13-19)23-11-7-6-10-22(23)16-25-24(27)28-18-20-8-4-3-5-9-20/h3-15H,16-18H2,1-2H3,(H,25,27). The van der Waals surface area contributed by atoms with Gasteiger partial charge in [-0.3, -0.25) is 0 Å². The number of nitrogens with one attached hydrogen (secondary N) is 1. The SMILES string of the molecule is CN(C)Cc1ccc(-c2ccccc2CNC(=O)OCc2ccccc2)cc1. The van der Waals surface area contributed by atoms with Crippen LogP contribution in [0.25, 0.3) is 11.1 Å². The van der Waals surface area contributed by atoms with Gasteiger partial charge < -0.3 is 15.0 Å². The highest BCUT2D eigenvalue weighted by molar-refractivity contribution is 5.70. The number of benzene rings is 3. The van der Waals surface area contributed by atoms with E-state index in [4.69, 9.17) is 4.74 Å². The van der Waals surface area contributed by atoms with E-state index in [0.717, 1.165) is 28.8 Å². The minimum Gasteiger partial charge on any atom is -0.445 e. The summed E-state index contributed by atoms with van der Waals surface area (Å²) < 4.78 is 5.29. The lowest BCUT2D eigenvalue weighted by molar-refractivity contribution is 0.139. The van der Waals surface area contributed by atoms with Crippen LogP contribution < -0.4 is 5.32 Å². The second-order valence-electron chi connectivity index (χ2n) is 7.01. The topological polar surface area (TPSA) is 41.6 Å². The van der Waals surface area contributed by atoms with Crippen LogP contribution >= 0.6 is 0 Å². The van der Waals surface area contributed by atoms with E-state index in [-0.39, 0.29) is 6.61 Å². The molecule has 0 radical (unpaired) electrons. The van der Waals surface area contributed by atoms with E-state index >= 15 is 0 Å². The number of carbonyl (C=O) groups excluding carboxylic acids is 1. The van der Waals surface area contributed by atoms with Crippen molar-refractivity contribution in [2.45, 2.75) is 19.7 Å². The molecule has 0 aliphatic carbocycles. The second kappa shape index (κ2) is 9.72. The lowest BCUT2D eigenvalue weighted by atomic mass is 9.98. The zero-order valence-corrected chi connectivity index (χ0v) is 16.4. The molecule has 1 N–H and O–H groups in total. The molecule has 0 atom stereocenters. The van der Waals surface area contributed by atoms with Crippen LogP contribution in [0.15, 0.2) is 78.9 Å². The van der Waals surface area contributed by atoms with Crippen molar-refractivity contribution in [1.82, 2.24) is 10.2 Å². The number of amides is 1. The molecule has 0 fully saturated rings. The number of alkyl carbamates (subject to hydrolysis) is 1. The fourth-order valence-corrected chi connectivity index (χ4v) is 3.05. The molecule has 4 heteroatoms. The largest absolute Gasteiger partial charge is 0.445 e. The Morgan fingerprint density at radius 2 is 1.54 bits per heavy atom. The zero-order valence-electron chi connectivity index (χ0n) is 16.4. The average molecular weight is 374 g/mol. The molecular weight excluding hydrogens is 348 g/mol. The third kappa shape index (κ3) is 5.69. The fraction of sp³-hybridized carbons (Fsp3) is 0.208. The molecule has 3 aromatic rings. The monoisotopic (exact) mass is 374 g/mol. The summed E-state index contributed by atoms with van der Waals surface area (Å²) in [4.78, 5) is 14.2. The first-order chi connectivity index (χ1) is 13.6. The molecule has 0 saturated heterocycles. The number of nitrogens with zero attached hydrogens (tertiary/aromatic N) is 1. The quantitative estimate of drug-likeness (QED) is 0.643. The van der Waals surface area contributed by atoms with Gasteiger partial charge in [0.15, 0.2) is 0 Å². The van der Waals surface area contributed by atoms with E-state index in [2.05, 4.69) is 54.6 Å². The maximum Gasteiger partial charge on any atom is 0.407 e. The summed E-state index contributed by atoms with van der Waals surface area (Å²) in [5.74, 6) is 0. The third-order valence-corrected chi connectivity index (χ3v) is 4.42. The Hall–Kier alpha value is -3.11. The summed E-state index contributed by atoms with van der Waals surface area (Å²) >= 11 is 0. The van der Waals surface area contributed by atoms with Crippen LogP contribution in [-0.4, -0.2) is 25.1 Å². The number of hydrogen-bond acceptors (Lipinski definition) is 3. The number of hydrogen-bond donors (Lipinski definition) is 1. The summed E-state index contributed by atoms with van der Waals surface area (Å²) in [6.45, 7) is 1.60. The van der Waals surface area contributed by atoms with E-state index in [0.29, 0.717) is 6.54 Å². The Balaban J connectivity index is 1.61. The van der Waals surface area contributed by atoms with Gasteiger partial charge in [-0.15, -0.1) is 0 Å². The molecule has 144 valence electrons. The normalized spacial score (nSPS) is 10.7. The van der Waals surface area contributed by atoms with Crippen LogP contribution in [-0.2, 0) is 24.4 Å². The molecule has 0 aromatic heterocycles. The highest BCUT2D eigenvalue weighted by Crippen LogP contribution is 2.24. The van der Waals surface area contributed by atoms with Gasteiger partial charge in [-0.1, -0.05) is 78.9 Å². The highest BCUT2D eigenvalue weighted by atomic mass is 16.5. The molecule has 0 bridgehead atoms.